The molecule has 0 unspecified atom stereocenters. The van der Waals surface area contributed by atoms with Crippen LogP contribution >= 0.6 is 0 Å². The second-order valence-corrected chi connectivity index (χ2v) is 9.90. The van der Waals surface area contributed by atoms with E-state index in [1.807, 2.05) is 0 Å². The van der Waals surface area contributed by atoms with Crippen LogP contribution < -0.4 is 5.32 Å². The van der Waals surface area contributed by atoms with Crippen molar-refractivity contribution in [2.45, 2.75) is 32.4 Å². The molecule has 1 aliphatic rings. The molecule has 2 aromatic carbocycles. The second-order valence-electron chi connectivity index (χ2n) is 9.90. The van der Waals surface area contributed by atoms with Gasteiger partial charge >= 0.3 is 5.97 Å². The fourth-order valence-electron chi connectivity index (χ4n) is 4.69. The largest absolute Gasteiger partial charge is 0.475 e. The number of amides is 3. The van der Waals surface area contributed by atoms with Gasteiger partial charge in [-0.3, -0.25) is 34.0 Å². The van der Waals surface area contributed by atoms with Crippen molar-refractivity contribution in [3.8, 4) is 0 Å². The zero-order valence-electron chi connectivity index (χ0n) is 22.6. The maximum Gasteiger partial charge on any atom is 0.374 e. The van der Waals surface area contributed by atoms with Crippen LogP contribution in [0.15, 0.2) is 91.3 Å². The number of hydrogen-bond acceptors (Lipinski definition) is 6. The number of carbonyl (C=O) groups is 5. The molecule has 0 saturated heterocycles. The quantitative estimate of drug-likeness (QED) is 0.368. The van der Waals surface area contributed by atoms with E-state index < -0.39 is 48.1 Å². The van der Waals surface area contributed by atoms with E-state index in [1.165, 1.54) is 22.2 Å². The predicted molar refractivity (Wildman–Crippen MR) is 150 cm³/mol. The van der Waals surface area contributed by atoms with Crippen molar-refractivity contribution < 1.29 is 29.1 Å². The molecule has 0 radical (unpaired) electrons. The summed E-state index contributed by atoms with van der Waals surface area (Å²) < 4.78 is 0. The standard InChI is InChI=1S/C31H30N4O6/c1-20(2)27-30(39)34(19-26(36)33-24(28(37)31(40)41)17-21-11-5-3-6-12-21)25(22-13-7-4-8-14-22)18-35(27)29(38)23-15-9-10-16-32-23/h3-16,18,20,24,27H,17,19H2,1-2H3,(H,33,36)(H,40,41)/t24-,27-/m0/s1. The summed E-state index contributed by atoms with van der Waals surface area (Å²) in [6.45, 7) is 3.09. The monoisotopic (exact) mass is 554 g/mol. The molecule has 41 heavy (non-hydrogen) atoms. The number of rotatable bonds is 10. The number of carboxylic acids is 1. The van der Waals surface area contributed by atoms with E-state index in [9.17, 15) is 29.1 Å². The molecule has 0 aliphatic carbocycles. The van der Waals surface area contributed by atoms with E-state index in [0.29, 0.717) is 16.8 Å². The Hall–Kier alpha value is -5.12. The van der Waals surface area contributed by atoms with Crippen LogP contribution in [0, 0.1) is 5.92 Å². The topological polar surface area (TPSA) is 137 Å². The number of carboxylic acid groups (broad SMARTS) is 1. The highest BCUT2D eigenvalue weighted by atomic mass is 16.4. The van der Waals surface area contributed by atoms with E-state index in [2.05, 4.69) is 10.3 Å². The van der Waals surface area contributed by atoms with Gasteiger partial charge in [-0.05, 0) is 29.2 Å². The van der Waals surface area contributed by atoms with E-state index in [-0.39, 0.29) is 18.0 Å². The fraction of sp³-hybridized carbons (Fsp3) is 0.226. The fourth-order valence-corrected chi connectivity index (χ4v) is 4.69. The molecule has 4 rings (SSSR count). The molecule has 0 spiro atoms. The van der Waals surface area contributed by atoms with Crippen LogP contribution in [0.1, 0.15) is 35.5 Å². The number of ketones is 1. The minimum Gasteiger partial charge on any atom is -0.475 e. The molecule has 10 nitrogen and oxygen atoms in total. The molecule has 3 amide bonds. The molecule has 3 aromatic rings. The van der Waals surface area contributed by atoms with Gasteiger partial charge in [-0.1, -0.05) is 80.6 Å². The van der Waals surface area contributed by atoms with Crippen LogP contribution in [-0.2, 0) is 25.6 Å². The minimum absolute atomic E-state index is 0.0337. The molecule has 2 heterocycles. The second kappa shape index (κ2) is 12.8. The van der Waals surface area contributed by atoms with Crippen molar-refractivity contribution in [2.75, 3.05) is 6.54 Å². The zero-order valence-corrected chi connectivity index (χ0v) is 22.6. The highest BCUT2D eigenvalue weighted by Gasteiger charge is 2.42. The Morgan fingerprint density at radius 1 is 0.927 bits per heavy atom. The Kier molecular flexibility index (Phi) is 9.03. The van der Waals surface area contributed by atoms with Gasteiger partial charge in [0.25, 0.3) is 17.6 Å². The maximum atomic E-state index is 14.0. The average molecular weight is 555 g/mol. The molecule has 0 bridgehead atoms. The molecule has 210 valence electrons. The van der Waals surface area contributed by atoms with Crippen LogP contribution in [0.25, 0.3) is 5.70 Å². The van der Waals surface area contributed by atoms with E-state index in [4.69, 9.17) is 0 Å². The predicted octanol–water partition coefficient (Wildman–Crippen LogP) is 2.77. The summed E-state index contributed by atoms with van der Waals surface area (Å²) in [5.41, 5.74) is 1.71. The van der Waals surface area contributed by atoms with Gasteiger partial charge in [0, 0.05) is 18.8 Å². The van der Waals surface area contributed by atoms with Crippen molar-refractivity contribution in [3.63, 3.8) is 0 Å². The summed E-state index contributed by atoms with van der Waals surface area (Å²) in [4.78, 5) is 71.5. The van der Waals surface area contributed by atoms with Gasteiger partial charge in [0.15, 0.2) is 0 Å². The highest BCUT2D eigenvalue weighted by molar-refractivity contribution is 6.35. The lowest BCUT2D eigenvalue weighted by Gasteiger charge is -2.41. The number of carbonyl (C=O) groups excluding carboxylic acids is 4. The van der Waals surface area contributed by atoms with Crippen LogP contribution in [0.3, 0.4) is 0 Å². The number of nitrogens with one attached hydrogen (secondary N) is 1. The smallest absolute Gasteiger partial charge is 0.374 e. The van der Waals surface area contributed by atoms with Crippen LogP contribution in [0.2, 0.25) is 0 Å². The molecule has 1 aliphatic heterocycles. The number of aliphatic carboxylic acids is 1. The number of hydrogen-bond donors (Lipinski definition) is 2. The molecular weight excluding hydrogens is 524 g/mol. The Morgan fingerprint density at radius 3 is 2.15 bits per heavy atom. The van der Waals surface area contributed by atoms with E-state index in [0.717, 1.165) is 0 Å². The van der Waals surface area contributed by atoms with Gasteiger partial charge in [0.2, 0.25) is 5.91 Å². The Balaban J connectivity index is 1.68. The summed E-state index contributed by atoms with van der Waals surface area (Å²) in [7, 11) is 0. The molecule has 1 aromatic heterocycles. The van der Waals surface area contributed by atoms with Crippen LogP contribution in [0.5, 0.6) is 0 Å². The zero-order chi connectivity index (χ0) is 29.5. The number of benzene rings is 2. The van der Waals surface area contributed by atoms with Crippen LogP contribution in [-0.4, -0.2) is 68.0 Å². The van der Waals surface area contributed by atoms with Gasteiger partial charge in [0.1, 0.15) is 24.3 Å². The molecule has 0 fully saturated rings. The van der Waals surface area contributed by atoms with Crippen molar-refractivity contribution >= 4 is 35.2 Å². The highest BCUT2D eigenvalue weighted by Crippen LogP contribution is 2.30. The first-order valence-electron chi connectivity index (χ1n) is 13.1. The van der Waals surface area contributed by atoms with Gasteiger partial charge in [-0.2, -0.15) is 0 Å². The number of aromatic nitrogens is 1. The van der Waals surface area contributed by atoms with Crippen molar-refractivity contribution in [1.29, 1.82) is 0 Å². The first kappa shape index (κ1) is 28.9. The Morgan fingerprint density at radius 2 is 1.56 bits per heavy atom. The van der Waals surface area contributed by atoms with Crippen molar-refractivity contribution in [3.05, 3.63) is 108 Å². The maximum absolute atomic E-state index is 14.0. The van der Waals surface area contributed by atoms with Gasteiger partial charge in [0.05, 0.1) is 5.70 Å². The first-order chi connectivity index (χ1) is 19.7. The average Bonchev–Trinajstić information content (AvgIpc) is 2.98. The summed E-state index contributed by atoms with van der Waals surface area (Å²) in [6.07, 6.45) is 3.00. The number of nitrogens with zero attached hydrogens (tertiary/aromatic N) is 3. The van der Waals surface area contributed by atoms with Crippen LogP contribution in [0.4, 0.5) is 0 Å². The third kappa shape index (κ3) is 6.73. The first-order valence-corrected chi connectivity index (χ1v) is 13.1. The van der Waals surface area contributed by atoms with E-state index in [1.54, 1.807) is 92.7 Å². The third-order valence-electron chi connectivity index (χ3n) is 6.64. The van der Waals surface area contributed by atoms with Crippen molar-refractivity contribution in [1.82, 2.24) is 20.1 Å². The summed E-state index contributed by atoms with van der Waals surface area (Å²) in [6, 6.07) is 20.2. The summed E-state index contributed by atoms with van der Waals surface area (Å²) >= 11 is 0. The van der Waals surface area contributed by atoms with Gasteiger partial charge in [-0.25, -0.2) is 4.79 Å². The lowest BCUT2D eigenvalue weighted by Crippen LogP contribution is -2.57. The van der Waals surface area contributed by atoms with Crippen molar-refractivity contribution in [2.24, 2.45) is 5.92 Å². The Labute approximate surface area is 237 Å². The Bertz CT molecular complexity index is 1460. The number of pyridine rings is 1. The van der Waals surface area contributed by atoms with E-state index >= 15 is 0 Å². The molecule has 2 atom stereocenters. The van der Waals surface area contributed by atoms with Gasteiger partial charge < -0.3 is 10.4 Å². The SMILES string of the molecule is CC(C)[C@H]1C(=O)N(CC(=O)N[C@@H](Cc2ccccc2)C(=O)C(=O)O)C(c2ccccc2)=CN1C(=O)c1ccccn1. The lowest BCUT2D eigenvalue weighted by molar-refractivity contribution is -0.150. The summed E-state index contributed by atoms with van der Waals surface area (Å²) in [5.74, 6) is -4.85. The lowest BCUT2D eigenvalue weighted by atomic mass is 9.96. The number of Topliss-reactive ketones (excluding diaryl/α,β-unsaturated/α-hetero) is 1. The molecular formula is C31H30N4O6. The van der Waals surface area contributed by atoms with Gasteiger partial charge in [-0.15, -0.1) is 0 Å². The summed E-state index contributed by atoms with van der Waals surface area (Å²) in [5, 5.41) is 11.9. The molecule has 0 saturated carbocycles. The normalized spacial score (nSPS) is 15.7. The molecule has 2 N–H and O–H groups in total. The third-order valence-corrected chi connectivity index (χ3v) is 6.64. The minimum atomic E-state index is -1.67. The molecule has 10 heteroatoms.